The molecule has 0 fully saturated rings. The number of nitrogens with one attached hydrogen (secondary N) is 1. The maximum Gasteiger partial charge on any atom is 0.257 e. The third kappa shape index (κ3) is 3.83. The number of hydrogen-bond donors (Lipinski definition) is 2. The van der Waals surface area contributed by atoms with E-state index in [-0.39, 0.29) is 5.91 Å². The monoisotopic (exact) mass is 311 g/mol. The molecule has 2 aromatic carbocycles. The average Bonchev–Trinajstić information content (AvgIpc) is 2.54. The number of benzene rings is 2. The van der Waals surface area contributed by atoms with E-state index in [9.17, 15) is 4.79 Å². The zero-order chi connectivity index (χ0) is 17.0. The Morgan fingerprint density at radius 3 is 2.57 bits per heavy atom. The molecule has 23 heavy (non-hydrogen) atoms. The predicted molar refractivity (Wildman–Crippen MR) is 98.3 cm³/mol. The third-order valence-electron chi connectivity index (χ3n) is 4.10. The molecule has 0 saturated carbocycles. The second-order valence-corrected chi connectivity index (χ2v) is 6.02. The largest absolute Gasteiger partial charge is 0.399 e. The van der Waals surface area contributed by atoms with Gasteiger partial charge in [0.1, 0.15) is 0 Å². The predicted octanol–water partition coefficient (Wildman–Crippen LogP) is 4.10. The van der Waals surface area contributed by atoms with Gasteiger partial charge in [0.15, 0.2) is 0 Å². The second kappa shape index (κ2) is 7.18. The maximum absolute atomic E-state index is 12.8. The van der Waals surface area contributed by atoms with Gasteiger partial charge >= 0.3 is 0 Å². The molecule has 0 spiro atoms. The number of anilines is 3. The molecule has 3 N–H and O–H groups in total. The van der Waals surface area contributed by atoms with Gasteiger partial charge in [0.25, 0.3) is 5.91 Å². The molecule has 122 valence electrons. The summed E-state index contributed by atoms with van der Waals surface area (Å²) in [7, 11) is 3.82. The van der Waals surface area contributed by atoms with Crippen molar-refractivity contribution in [2.24, 2.45) is 0 Å². The number of hydrogen-bond acceptors (Lipinski definition) is 3. The Kier molecular flexibility index (Phi) is 5.27. The van der Waals surface area contributed by atoms with E-state index in [4.69, 9.17) is 5.73 Å². The fourth-order valence-corrected chi connectivity index (χ4v) is 2.58. The molecule has 4 heteroatoms. The molecule has 0 bridgehead atoms. The zero-order valence-electron chi connectivity index (χ0n) is 14.3. The van der Waals surface area contributed by atoms with Gasteiger partial charge in [0.2, 0.25) is 0 Å². The summed E-state index contributed by atoms with van der Waals surface area (Å²) in [6.07, 6.45) is 1.02. The highest BCUT2D eigenvalue weighted by Gasteiger charge is 2.16. The van der Waals surface area contributed by atoms with Gasteiger partial charge in [-0.1, -0.05) is 32.0 Å². The highest BCUT2D eigenvalue weighted by atomic mass is 16.1. The number of amides is 1. The molecule has 2 rings (SSSR count). The highest BCUT2D eigenvalue weighted by Crippen LogP contribution is 2.28. The lowest BCUT2D eigenvalue weighted by atomic mass is 9.96. The minimum atomic E-state index is -0.142. The van der Waals surface area contributed by atoms with Crippen LogP contribution in [0.4, 0.5) is 17.1 Å². The average molecular weight is 311 g/mol. The molecular formula is C19H25N3O. The number of nitrogen functional groups attached to an aromatic ring is 1. The lowest BCUT2D eigenvalue weighted by Gasteiger charge is -2.19. The second-order valence-electron chi connectivity index (χ2n) is 6.02. The van der Waals surface area contributed by atoms with Crippen LogP contribution in [0.1, 0.15) is 42.1 Å². The minimum Gasteiger partial charge on any atom is -0.399 e. The van der Waals surface area contributed by atoms with Crippen LogP contribution < -0.4 is 16.0 Å². The van der Waals surface area contributed by atoms with Crippen molar-refractivity contribution in [2.75, 3.05) is 30.0 Å². The Labute approximate surface area is 138 Å². The number of carbonyl (C=O) groups is 1. The third-order valence-corrected chi connectivity index (χ3v) is 4.10. The number of rotatable bonds is 5. The lowest BCUT2D eigenvalue weighted by Crippen LogP contribution is -2.19. The summed E-state index contributed by atoms with van der Waals surface area (Å²) in [6.45, 7) is 4.31. The Balaban J connectivity index is 2.36. The van der Waals surface area contributed by atoms with Gasteiger partial charge in [-0.05, 0) is 42.2 Å². The van der Waals surface area contributed by atoms with Crippen molar-refractivity contribution < 1.29 is 4.79 Å². The highest BCUT2D eigenvalue weighted by molar-refractivity contribution is 6.09. The Morgan fingerprint density at radius 2 is 1.91 bits per heavy atom. The van der Waals surface area contributed by atoms with Crippen molar-refractivity contribution in [1.82, 2.24) is 0 Å². The van der Waals surface area contributed by atoms with E-state index >= 15 is 0 Å². The zero-order valence-corrected chi connectivity index (χ0v) is 14.3. The molecule has 0 aliphatic carbocycles. The summed E-state index contributed by atoms with van der Waals surface area (Å²) in [5, 5.41) is 3.04. The maximum atomic E-state index is 12.8. The summed E-state index contributed by atoms with van der Waals surface area (Å²) in [5.74, 6) is 0.248. The summed E-state index contributed by atoms with van der Waals surface area (Å²) in [5.41, 5.74) is 9.87. The quantitative estimate of drug-likeness (QED) is 0.817. The van der Waals surface area contributed by atoms with Gasteiger partial charge in [-0.2, -0.15) is 0 Å². The number of carbonyl (C=O) groups excluding carboxylic acids is 1. The van der Waals surface area contributed by atoms with Crippen LogP contribution in [0.5, 0.6) is 0 Å². The van der Waals surface area contributed by atoms with Gasteiger partial charge in [-0.3, -0.25) is 4.79 Å². The van der Waals surface area contributed by atoms with Crippen LogP contribution >= 0.6 is 0 Å². The minimum absolute atomic E-state index is 0.142. The molecule has 0 aliphatic heterocycles. The van der Waals surface area contributed by atoms with E-state index < -0.39 is 0 Å². The molecule has 1 unspecified atom stereocenters. The summed E-state index contributed by atoms with van der Waals surface area (Å²) in [6, 6.07) is 13.3. The summed E-state index contributed by atoms with van der Waals surface area (Å²) < 4.78 is 0. The van der Waals surface area contributed by atoms with Crippen LogP contribution in [-0.2, 0) is 0 Å². The van der Waals surface area contributed by atoms with Gasteiger partial charge < -0.3 is 16.0 Å². The topological polar surface area (TPSA) is 58.4 Å². The van der Waals surface area contributed by atoms with Crippen LogP contribution in [0, 0.1) is 0 Å². The van der Waals surface area contributed by atoms with E-state index in [1.54, 1.807) is 12.1 Å². The van der Waals surface area contributed by atoms with E-state index in [0.717, 1.165) is 23.4 Å². The van der Waals surface area contributed by atoms with Gasteiger partial charge in [0, 0.05) is 31.2 Å². The Hall–Kier alpha value is -2.49. The molecular weight excluding hydrogens is 286 g/mol. The summed E-state index contributed by atoms with van der Waals surface area (Å²) >= 11 is 0. The van der Waals surface area contributed by atoms with Crippen molar-refractivity contribution in [3.63, 3.8) is 0 Å². The molecule has 2 aromatic rings. The summed E-state index contributed by atoms with van der Waals surface area (Å²) in [4.78, 5) is 14.7. The van der Waals surface area contributed by atoms with Crippen molar-refractivity contribution in [3.8, 4) is 0 Å². The fourth-order valence-electron chi connectivity index (χ4n) is 2.58. The molecule has 1 amide bonds. The normalized spacial score (nSPS) is 11.8. The van der Waals surface area contributed by atoms with Gasteiger partial charge in [0.05, 0.1) is 5.56 Å². The smallest absolute Gasteiger partial charge is 0.257 e. The Morgan fingerprint density at radius 1 is 1.22 bits per heavy atom. The van der Waals surface area contributed by atoms with Crippen LogP contribution in [0.25, 0.3) is 0 Å². The van der Waals surface area contributed by atoms with Crippen LogP contribution in [0.3, 0.4) is 0 Å². The van der Waals surface area contributed by atoms with Crippen LogP contribution in [0.2, 0.25) is 0 Å². The van der Waals surface area contributed by atoms with Crippen LogP contribution in [-0.4, -0.2) is 20.0 Å². The molecule has 4 nitrogen and oxygen atoms in total. The molecule has 0 aliphatic rings. The molecule has 0 saturated heterocycles. The van der Waals surface area contributed by atoms with Gasteiger partial charge in [-0.25, -0.2) is 0 Å². The van der Waals surface area contributed by atoms with Crippen molar-refractivity contribution in [3.05, 3.63) is 53.6 Å². The first-order chi connectivity index (χ1) is 10.9. The van der Waals surface area contributed by atoms with Crippen molar-refractivity contribution in [1.29, 1.82) is 0 Å². The molecule has 0 heterocycles. The number of para-hydroxylation sites is 1. The van der Waals surface area contributed by atoms with E-state index in [2.05, 4.69) is 25.2 Å². The molecule has 0 radical (unpaired) electrons. The molecule has 0 aromatic heterocycles. The van der Waals surface area contributed by atoms with E-state index in [1.807, 2.05) is 43.3 Å². The van der Waals surface area contributed by atoms with E-state index in [0.29, 0.717) is 17.2 Å². The first-order valence-electron chi connectivity index (χ1n) is 7.91. The van der Waals surface area contributed by atoms with Crippen molar-refractivity contribution in [2.45, 2.75) is 26.2 Å². The van der Waals surface area contributed by atoms with E-state index in [1.165, 1.54) is 0 Å². The van der Waals surface area contributed by atoms with Crippen LogP contribution in [0.15, 0.2) is 42.5 Å². The lowest BCUT2D eigenvalue weighted by molar-refractivity contribution is 0.102. The fraction of sp³-hybridized carbons (Fsp3) is 0.316. The molecule has 1 atom stereocenters. The SMILES string of the molecule is CCC(C)c1ccccc1NC(=O)c1cc(N)ccc1N(C)C. The first-order valence-corrected chi connectivity index (χ1v) is 7.91. The Bertz CT molecular complexity index is 695. The number of nitrogens with two attached hydrogens (primary N) is 1. The standard InChI is InChI=1S/C19H25N3O/c1-5-13(2)15-8-6-7-9-17(15)21-19(23)16-12-14(20)10-11-18(16)22(3)4/h6-13H,5,20H2,1-4H3,(H,21,23). The van der Waals surface area contributed by atoms with Crippen molar-refractivity contribution >= 4 is 23.0 Å². The first kappa shape index (κ1) is 16.9. The number of nitrogens with zero attached hydrogens (tertiary/aromatic N) is 1. The van der Waals surface area contributed by atoms with Gasteiger partial charge in [-0.15, -0.1) is 0 Å².